The van der Waals surface area contributed by atoms with Gasteiger partial charge in [0.15, 0.2) is 0 Å². The maximum Gasteiger partial charge on any atom is 0.0491 e. The summed E-state index contributed by atoms with van der Waals surface area (Å²) in [6.07, 6.45) is 8.36. The van der Waals surface area contributed by atoms with Crippen molar-refractivity contribution in [2.75, 3.05) is 11.4 Å². The largest absolute Gasteiger partial charge is 0.336 e. The van der Waals surface area contributed by atoms with E-state index < -0.39 is 0 Å². The zero-order valence-corrected chi connectivity index (χ0v) is 15.0. The molecule has 0 N–H and O–H groups in total. The van der Waals surface area contributed by atoms with Crippen LogP contribution >= 0.6 is 0 Å². The van der Waals surface area contributed by atoms with Gasteiger partial charge in [0.2, 0.25) is 0 Å². The number of fused-ring (bicyclic) bond motifs is 1. The van der Waals surface area contributed by atoms with Crippen LogP contribution in [0.5, 0.6) is 0 Å². The Labute approximate surface area is 141 Å². The van der Waals surface area contributed by atoms with Crippen molar-refractivity contribution in [3.05, 3.63) is 83.1 Å². The molecule has 0 radical (unpaired) electrons. The van der Waals surface area contributed by atoms with E-state index in [4.69, 9.17) is 0 Å². The molecule has 0 unspecified atom stereocenters. The summed E-state index contributed by atoms with van der Waals surface area (Å²) in [5.74, 6) is 0. The molecule has 1 aromatic carbocycles. The summed E-state index contributed by atoms with van der Waals surface area (Å²) in [5.41, 5.74) is 9.20. The third-order valence-corrected chi connectivity index (χ3v) is 4.20. The Morgan fingerprint density at radius 1 is 1.13 bits per heavy atom. The molecule has 0 saturated heterocycles. The highest BCUT2D eigenvalue weighted by atomic mass is 15.2. The topological polar surface area (TPSA) is 3.24 Å². The van der Waals surface area contributed by atoms with Gasteiger partial charge < -0.3 is 4.90 Å². The van der Waals surface area contributed by atoms with Crippen LogP contribution in [0.4, 0.5) is 5.69 Å². The fraction of sp³-hybridized carbons (Fsp3) is 0.273. The summed E-state index contributed by atoms with van der Waals surface area (Å²) in [6, 6.07) is 8.67. The van der Waals surface area contributed by atoms with Gasteiger partial charge in [0.1, 0.15) is 0 Å². The highest BCUT2D eigenvalue weighted by Crippen LogP contribution is 2.40. The summed E-state index contributed by atoms with van der Waals surface area (Å²) >= 11 is 0. The van der Waals surface area contributed by atoms with E-state index in [-0.39, 0.29) is 0 Å². The molecule has 1 nitrogen and oxygen atoms in total. The molecule has 2 rings (SSSR count). The molecule has 0 spiro atoms. The Bertz CT molecular complexity index is 722. The first-order chi connectivity index (χ1) is 11.0. The lowest BCUT2D eigenvalue weighted by Crippen LogP contribution is -2.21. The SMILES string of the molecule is C=C/C=C(C)\C=C1/CN(C(=C(C)C)/C(C)=C\C)c2ccccc21. The fourth-order valence-corrected chi connectivity index (χ4v) is 3.17. The minimum Gasteiger partial charge on any atom is -0.336 e. The molecule has 0 atom stereocenters. The molecule has 1 heterocycles. The number of nitrogens with zero attached hydrogens (tertiary/aromatic N) is 1. The molecule has 1 aromatic rings. The zero-order chi connectivity index (χ0) is 17.0. The molecule has 120 valence electrons. The Kier molecular flexibility index (Phi) is 5.44. The van der Waals surface area contributed by atoms with Crippen molar-refractivity contribution in [3.63, 3.8) is 0 Å². The number of hydrogen-bond donors (Lipinski definition) is 0. The van der Waals surface area contributed by atoms with Gasteiger partial charge in [0, 0.05) is 23.5 Å². The lowest BCUT2D eigenvalue weighted by Gasteiger charge is -2.25. The molecular formula is C22H27N. The van der Waals surface area contributed by atoms with Crippen molar-refractivity contribution < 1.29 is 0 Å². The van der Waals surface area contributed by atoms with Gasteiger partial charge in [0.05, 0.1) is 0 Å². The van der Waals surface area contributed by atoms with Crippen LogP contribution in [0.3, 0.4) is 0 Å². The molecule has 1 heteroatoms. The summed E-state index contributed by atoms with van der Waals surface area (Å²) in [5, 5.41) is 0. The summed E-state index contributed by atoms with van der Waals surface area (Å²) in [7, 11) is 0. The normalized spacial score (nSPS) is 16.6. The first-order valence-electron chi connectivity index (χ1n) is 8.17. The number of rotatable bonds is 4. The van der Waals surface area contributed by atoms with Crippen LogP contribution < -0.4 is 4.90 Å². The Morgan fingerprint density at radius 3 is 2.43 bits per heavy atom. The number of allylic oxidation sites excluding steroid dienone is 7. The highest BCUT2D eigenvalue weighted by Gasteiger charge is 2.26. The van der Waals surface area contributed by atoms with Crippen molar-refractivity contribution in [1.29, 1.82) is 0 Å². The third kappa shape index (κ3) is 3.56. The van der Waals surface area contributed by atoms with Gasteiger partial charge in [0.25, 0.3) is 0 Å². The molecule has 1 aliphatic heterocycles. The van der Waals surface area contributed by atoms with Crippen LogP contribution in [0, 0.1) is 0 Å². The van der Waals surface area contributed by atoms with Crippen LogP contribution in [0.25, 0.3) is 5.57 Å². The first kappa shape index (κ1) is 17.1. The second kappa shape index (κ2) is 7.32. The maximum atomic E-state index is 3.79. The standard InChI is InChI=1S/C22H27N/c1-7-11-17(5)14-19-15-23(21-13-10-9-12-20(19)21)22(16(3)4)18(6)8-2/h7-14H,1,15H2,2-6H3/b17-11-,18-8-,19-14+. The van der Waals surface area contributed by atoms with Crippen LogP contribution in [0.1, 0.15) is 40.2 Å². The minimum absolute atomic E-state index is 0.910. The molecular weight excluding hydrogens is 278 g/mol. The van der Waals surface area contributed by atoms with E-state index in [2.05, 4.69) is 88.6 Å². The van der Waals surface area contributed by atoms with Gasteiger partial charge in [-0.3, -0.25) is 0 Å². The maximum absolute atomic E-state index is 3.79. The quantitative estimate of drug-likeness (QED) is 0.591. The van der Waals surface area contributed by atoms with Gasteiger partial charge in [-0.25, -0.2) is 0 Å². The van der Waals surface area contributed by atoms with E-state index in [0.717, 1.165) is 6.54 Å². The van der Waals surface area contributed by atoms with E-state index in [9.17, 15) is 0 Å². The Balaban J connectivity index is 2.57. The van der Waals surface area contributed by atoms with Crippen LogP contribution in [0.15, 0.2) is 77.6 Å². The van der Waals surface area contributed by atoms with Gasteiger partial charge in [-0.15, -0.1) is 0 Å². The predicted molar refractivity (Wildman–Crippen MR) is 104 cm³/mol. The number of para-hydroxylation sites is 1. The van der Waals surface area contributed by atoms with Gasteiger partial charge in [-0.1, -0.05) is 60.2 Å². The average Bonchev–Trinajstić information content (AvgIpc) is 2.86. The van der Waals surface area contributed by atoms with Crippen molar-refractivity contribution >= 4 is 11.3 Å². The molecule has 23 heavy (non-hydrogen) atoms. The summed E-state index contributed by atoms with van der Waals surface area (Å²) in [6.45, 7) is 15.5. The number of hydrogen-bond acceptors (Lipinski definition) is 1. The van der Waals surface area contributed by atoms with Gasteiger partial charge >= 0.3 is 0 Å². The van der Waals surface area contributed by atoms with Crippen LogP contribution in [-0.2, 0) is 0 Å². The summed E-state index contributed by atoms with van der Waals surface area (Å²) < 4.78 is 0. The molecule has 0 amide bonds. The smallest absolute Gasteiger partial charge is 0.0491 e. The lowest BCUT2D eigenvalue weighted by atomic mass is 10.1. The monoisotopic (exact) mass is 305 g/mol. The third-order valence-electron chi connectivity index (χ3n) is 4.20. The highest BCUT2D eigenvalue weighted by molar-refractivity contribution is 5.88. The lowest BCUT2D eigenvalue weighted by molar-refractivity contribution is 1.02. The number of benzene rings is 1. The van der Waals surface area contributed by atoms with Gasteiger partial charge in [-0.05, 0) is 51.8 Å². The molecule has 0 saturated carbocycles. The van der Waals surface area contributed by atoms with E-state index in [0.29, 0.717) is 0 Å². The zero-order valence-electron chi connectivity index (χ0n) is 15.0. The first-order valence-corrected chi connectivity index (χ1v) is 8.17. The second-order valence-corrected chi connectivity index (χ2v) is 6.24. The van der Waals surface area contributed by atoms with Crippen LogP contribution in [-0.4, -0.2) is 6.54 Å². The van der Waals surface area contributed by atoms with Crippen molar-refractivity contribution in [2.24, 2.45) is 0 Å². The summed E-state index contributed by atoms with van der Waals surface area (Å²) in [4.78, 5) is 2.44. The van der Waals surface area contributed by atoms with Gasteiger partial charge in [-0.2, -0.15) is 0 Å². The van der Waals surface area contributed by atoms with E-state index >= 15 is 0 Å². The van der Waals surface area contributed by atoms with E-state index in [1.54, 1.807) is 0 Å². The van der Waals surface area contributed by atoms with Crippen molar-refractivity contribution in [2.45, 2.75) is 34.6 Å². The van der Waals surface area contributed by atoms with Crippen molar-refractivity contribution in [1.82, 2.24) is 0 Å². The number of anilines is 1. The molecule has 0 aromatic heterocycles. The van der Waals surface area contributed by atoms with E-state index in [1.807, 2.05) is 6.08 Å². The Hall–Kier alpha value is -2.28. The van der Waals surface area contributed by atoms with Crippen LogP contribution in [0.2, 0.25) is 0 Å². The van der Waals surface area contributed by atoms with Crippen molar-refractivity contribution in [3.8, 4) is 0 Å². The Morgan fingerprint density at radius 2 is 1.83 bits per heavy atom. The molecule has 1 aliphatic rings. The predicted octanol–water partition coefficient (Wildman–Crippen LogP) is 6.28. The molecule has 0 aliphatic carbocycles. The second-order valence-electron chi connectivity index (χ2n) is 6.24. The molecule has 0 fully saturated rings. The average molecular weight is 305 g/mol. The minimum atomic E-state index is 0.910. The molecule has 0 bridgehead atoms. The van der Waals surface area contributed by atoms with E-state index in [1.165, 1.54) is 39.2 Å². The fourth-order valence-electron chi connectivity index (χ4n) is 3.17.